The number of carbonyl (C=O) groups excluding carboxylic acids is 3. The van der Waals surface area contributed by atoms with Crippen LogP contribution in [0.4, 0.5) is 5.69 Å². The first-order chi connectivity index (χ1) is 16.5. The summed E-state index contributed by atoms with van der Waals surface area (Å²) in [5.74, 6) is -0.547. The molecular formula is C27H21N3O4. The van der Waals surface area contributed by atoms with Crippen LogP contribution in [0.5, 0.6) is 0 Å². The normalized spacial score (nSPS) is 14.5. The van der Waals surface area contributed by atoms with Crippen molar-refractivity contribution < 1.29 is 19.1 Å². The SMILES string of the molecule is CCOC(=O)c1ccc(N2C(=O)C(=Cc3nc(C)n4ccccc34)c3ccccc3C2=O)cc1. The minimum atomic E-state index is -0.460. The molecule has 7 nitrogen and oxygen atoms in total. The average molecular weight is 451 g/mol. The maximum atomic E-state index is 13.7. The van der Waals surface area contributed by atoms with E-state index >= 15 is 0 Å². The van der Waals surface area contributed by atoms with Crippen molar-refractivity contribution in [3.8, 4) is 0 Å². The van der Waals surface area contributed by atoms with Gasteiger partial charge in [0.15, 0.2) is 0 Å². The van der Waals surface area contributed by atoms with Crippen LogP contribution in [0.25, 0.3) is 17.2 Å². The van der Waals surface area contributed by atoms with Crippen molar-refractivity contribution in [2.45, 2.75) is 13.8 Å². The quantitative estimate of drug-likeness (QED) is 0.258. The second-order valence-electron chi connectivity index (χ2n) is 7.82. The molecule has 2 amide bonds. The highest BCUT2D eigenvalue weighted by molar-refractivity contribution is 6.43. The van der Waals surface area contributed by atoms with Crippen LogP contribution in [-0.2, 0) is 9.53 Å². The average Bonchev–Trinajstić information content (AvgIpc) is 3.18. The zero-order chi connectivity index (χ0) is 23.8. The number of aryl methyl sites for hydroxylation is 1. The van der Waals surface area contributed by atoms with E-state index in [0.29, 0.717) is 33.6 Å². The summed E-state index contributed by atoms with van der Waals surface area (Å²) in [7, 11) is 0. The Morgan fingerprint density at radius 2 is 1.65 bits per heavy atom. The molecule has 0 fully saturated rings. The Kier molecular flexibility index (Phi) is 5.30. The van der Waals surface area contributed by atoms with Gasteiger partial charge in [0.2, 0.25) is 0 Å². The molecule has 0 spiro atoms. The molecule has 0 radical (unpaired) electrons. The summed E-state index contributed by atoms with van der Waals surface area (Å²) >= 11 is 0. The van der Waals surface area contributed by atoms with E-state index in [1.54, 1.807) is 61.5 Å². The minimum absolute atomic E-state index is 0.261. The zero-order valence-electron chi connectivity index (χ0n) is 18.7. The predicted molar refractivity (Wildman–Crippen MR) is 128 cm³/mol. The molecular weight excluding hydrogens is 430 g/mol. The van der Waals surface area contributed by atoms with Crippen molar-refractivity contribution in [1.82, 2.24) is 9.38 Å². The largest absolute Gasteiger partial charge is 0.462 e. The molecule has 0 saturated carbocycles. The van der Waals surface area contributed by atoms with Crippen LogP contribution in [0.15, 0.2) is 72.9 Å². The molecule has 5 rings (SSSR count). The molecule has 0 saturated heterocycles. The Bertz CT molecular complexity index is 1480. The maximum Gasteiger partial charge on any atom is 0.338 e. The Balaban J connectivity index is 1.63. The van der Waals surface area contributed by atoms with E-state index in [2.05, 4.69) is 4.98 Å². The summed E-state index contributed by atoms with van der Waals surface area (Å²) in [6.45, 7) is 3.89. The number of nitrogens with zero attached hydrogens (tertiary/aromatic N) is 3. The fraction of sp³-hybridized carbons (Fsp3) is 0.111. The molecule has 1 aliphatic heterocycles. The number of ether oxygens (including phenoxy) is 1. The highest BCUT2D eigenvalue weighted by atomic mass is 16.5. The Morgan fingerprint density at radius 1 is 0.941 bits per heavy atom. The van der Waals surface area contributed by atoms with Gasteiger partial charge in [0.25, 0.3) is 11.8 Å². The topological polar surface area (TPSA) is 81.0 Å². The Morgan fingerprint density at radius 3 is 2.38 bits per heavy atom. The molecule has 0 aliphatic carbocycles. The molecule has 2 aromatic heterocycles. The monoisotopic (exact) mass is 451 g/mol. The van der Waals surface area contributed by atoms with E-state index in [9.17, 15) is 14.4 Å². The smallest absolute Gasteiger partial charge is 0.338 e. The van der Waals surface area contributed by atoms with Crippen molar-refractivity contribution in [3.05, 3.63) is 101 Å². The fourth-order valence-corrected chi connectivity index (χ4v) is 4.15. The molecule has 34 heavy (non-hydrogen) atoms. The molecule has 0 atom stereocenters. The lowest BCUT2D eigenvalue weighted by Crippen LogP contribution is -2.41. The number of pyridine rings is 1. The number of rotatable bonds is 4. The predicted octanol–water partition coefficient (Wildman–Crippen LogP) is 4.55. The standard InChI is InChI=1S/C27H21N3O4/c1-3-34-27(33)18-11-13-19(14-12-18)30-25(31)21-9-5-4-8-20(21)22(26(30)32)16-23-24-10-6-7-15-29(24)17(2)28-23/h4-16H,3H2,1-2H3. The minimum Gasteiger partial charge on any atom is -0.462 e. The van der Waals surface area contributed by atoms with Gasteiger partial charge in [-0.05, 0) is 62.4 Å². The van der Waals surface area contributed by atoms with Crippen LogP contribution >= 0.6 is 0 Å². The van der Waals surface area contributed by atoms with Gasteiger partial charge in [-0.3, -0.25) is 9.59 Å². The third-order valence-corrected chi connectivity index (χ3v) is 5.76. The van der Waals surface area contributed by atoms with Gasteiger partial charge in [0, 0.05) is 17.3 Å². The first-order valence-electron chi connectivity index (χ1n) is 10.9. The number of esters is 1. The molecule has 0 bridgehead atoms. The zero-order valence-corrected chi connectivity index (χ0v) is 18.7. The molecule has 168 valence electrons. The van der Waals surface area contributed by atoms with E-state index in [0.717, 1.165) is 16.2 Å². The van der Waals surface area contributed by atoms with Gasteiger partial charge >= 0.3 is 5.97 Å². The van der Waals surface area contributed by atoms with Gasteiger partial charge in [-0.2, -0.15) is 0 Å². The third-order valence-electron chi connectivity index (χ3n) is 5.76. The summed E-state index contributed by atoms with van der Waals surface area (Å²) in [6, 6.07) is 19.0. The number of benzene rings is 2. The number of imide groups is 1. The molecule has 4 aromatic rings. The lowest BCUT2D eigenvalue weighted by Gasteiger charge is -2.28. The van der Waals surface area contributed by atoms with E-state index in [-0.39, 0.29) is 6.61 Å². The van der Waals surface area contributed by atoms with Crippen LogP contribution in [0.1, 0.15) is 44.7 Å². The number of imidazole rings is 1. The van der Waals surface area contributed by atoms with Crippen molar-refractivity contribution in [1.29, 1.82) is 0 Å². The van der Waals surface area contributed by atoms with Crippen LogP contribution in [0, 0.1) is 6.92 Å². The van der Waals surface area contributed by atoms with Gasteiger partial charge in [-0.1, -0.05) is 24.3 Å². The number of hydrogen-bond donors (Lipinski definition) is 0. The molecule has 7 heteroatoms. The number of anilines is 1. The van der Waals surface area contributed by atoms with Gasteiger partial charge in [-0.25, -0.2) is 14.7 Å². The van der Waals surface area contributed by atoms with Gasteiger partial charge in [-0.15, -0.1) is 0 Å². The highest BCUT2D eigenvalue weighted by Gasteiger charge is 2.36. The number of carbonyl (C=O) groups is 3. The lowest BCUT2D eigenvalue weighted by molar-refractivity contribution is -0.112. The van der Waals surface area contributed by atoms with Crippen LogP contribution in [0.2, 0.25) is 0 Å². The first-order valence-corrected chi connectivity index (χ1v) is 10.9. The highest BCUT2D eigenvalue weighted by Crippen LogP contribution is 2.34. The summed E-state index contributed by atoms with van der Waals surface area (Å²) in [5, 5.41) is 0. The van der Waals surface area contributed by atoms with E-state index < -0.39 is 17.8 Å². The van der Waals surface area contributed by atoms with Gasteiger partial charge in [0.05, 0.1) is 34.6 Å². The van der Waals surface area contributed by atoms with E-state index in [1.165, 1.54) is 0 Å². The summed E-state index contributed by atoms with van der Waals surface area (Å²) < 4.78 is 6.97. The molecule has 2 aromatic carbocycles. The third kappa shape index (κ3) is 3.47. The van der Waals surface area contributed by atoms with Crippen molar-refractivity contribution in [2.75, 3.05) is 11.5 Å². The second-order valence-corrected chi connectivity index (χ2v) is 7.82. The Hall–Kier alpha value is -4.52. The van der Waals surface area contributed by atoms with Crippen molar-refractivity contribution in [2.24, 2.45) is 0 Å². The van der Waals surface area contributed by atoms with Crippen molar-refractivity contribution >= 4 is 40.6 Å². The van der Waals surface area contributed by atoms with Crippen LogP contribution < -0.4 is 4.90 Å². The van der Waals surface area contributed by atoms with E-state index in [4.69, 9.17) is 4.74 Å². The summed E-state index contributed by atoms with van der Waals surface area (Å²) in [4.78, 5) is 44.8. The number of aromatic nitrogens is 2. The number of hydrogen-bond acceptors (Lipinski definition) is 5. The number of amides is 2. The lowest BCUT2D eigenvalue weighted by atomic mass is 9.92. The molecule has 3 heterocycles. The van der Waals surface area contributed by atoms with Crippen LogP contribution in [0.3, 0.4) is 0 Å². The molecule has 1 aliphatic rings. The van der Waals surface area contributed by atoms with Crippen LogP contribution in [-0.4, -0.2) is 33.8 Å². The summed E-state index contributed by atoms with van der Waals surface area (Å²) in [5.41, 5.74) is 3.57. The molecule has 0 N–H and O–H groups in total. The molecule has 0 unspecified atom stereocenters. The maximum absolute atomic E-state index is 13.7. The van der Waals surface area contributed by atoms with E-state index in [1.807, 2.05) is 35.7 Å². The first kappa shape index (κ1) is 21.3. The Labute approximate surface area is 195 Å². The van der Waals surface area contributed by atoms with Gasteiger partial charge < -0.3 is 9.14 Å². The second kappa shape index (κ2) is 8.44. The van der Waals surface area contributed by atoms with Crippen molar-refractivity contribution in [3.63, 3.8) is 0 Å². The number of fused-ring (bicyclic) bond motifs is 2. The summed E-state index contributed by atoms with van der Waals surface area (Å²) in [6.07, 6.45) is 3.65. The fourth-order valence-electron chi connectivity index (χ4n) is 4.15. The van der Waals surface area contributed by atoms with Gasteiger partial charge in [0.1, 0.15) is 5.82 Å².